The fraction of sp³-hybridized carbons (Fsp3) is 0. The van der Waals surface area contributed by atoms with Crippen molar-refractivity contribution in [2.45, 2.75) is 0 Å². The number of rotatable bonds is 3. The molecule has 0 aliphatic rings. The third-order valence-electron chi connectivity index (χ3n) is 1.30. The van der Waals surface area contributed by atoms with Crippen LogP contribution >= 0.6 is 0 Å². The summed E-state index contributed by atoms with van der Waals surface area (Å²) in [4.78, 5) is 10.4. The predicted octanol–water partition coefficient (Wildman–Crippen LogP) is -4.59. The minimum atomic E-state index is -4.72. The van der Waals surface area contributed by atoms with Crippen LogP contribution in [0.2, 0.25) is 0 Å². The smallest absolute Gasteiger partial charge is 0.545 e. The molecule has 16 heavy (non-hydrogen) atoms. The summed E-state index contributed by atoms with van der Waals surface area (Å²) in [6.07, 6.45) is 0. The summed E-state index contributed by atoms with van der Waals surface area (Å²) in [7, 11) is -4.72. The SMILES string of the molecule is O.O=C([O-])c1ccccc1OS(=O)(=O)O.[Na+]. The van der Waals surface area contributed by atoms with Crippen molar-refractivity contribution in [3.63, 3.8) is 0 Å². The molecule has 0 atom stereocenters. The zero-order valence-corrected chi connectivity index (χ0v) is 11.0. The molecule has 84 valence electrons. The van der Waals surface area contributed by atoms with Crippen LogP contribution in [0.3, 0.4) is 0 Å². The Morgan fingerprint density at radius 2 is 1.81 bits per heavy atom. The zero-order valence-electron chi connectivity index (χ0n) is 8.21. The van der Waals surface area contributed by atoms with Gasteiger partial charge in [-0.2, -0.15) is 8.42 Å². The number of para-hydroxylation sites is 1. The molecule has 0 saturated carbocycles. The van der Waals surface area contributed by atoms with E-state index >= 15 is 0 Å². The Kier molecular flexibility index (Phi) is 7.58. The molecular weight excluding hydrogens is 251 g/mol. The van der Waals surface area contributed by atoms with Crippen molar-refractivity contribution in [2.75, 3.05) is 0 Å². The van der Waals surface area contributed by atoms with E-state index < -0.39 is 27.7 Å². The average Bonchev–Trinajstić information content (AvgIpc) is 2.01. The molecule has 7 nitrogen and oxygen atoms in total. The normalized spacial score (nSPS) is 9.56. The fourth-order valence-electron chi connectivity index (χ4n) is 0.821. The molecule has 0 unspecified atom stereocenters. The van der Waals surface area contributed by atoms with Crippen molar-refractivity contribution in [1.82, 2.24) is 0 Å². The summed E-state index contributed by atoms with van der Waals surface area (Å²) in [6, 6.07) is 4.89. The number of hydrogen-bond acceptors (Lipinski definition) is 5. The topological polar surface area (TPSA) is 135 Å². The van der Waals surface area contributed by atoms with E-state index in [4.69, 9.17) is 4.55 Å². The molecule has 0 spiro atoms. The van der Waals surface area contributed by atoms with E-state index in [2.05, 4.69) is 4.18 Å². The van der Waals surface area contributed by atoms with E-state index in [-0.39, 0.29) is 35.0 Å². The summed E-state index contributed by atoms with van der Waals surface area (Å²) in [6.45, 7) is 0. The summed E-state index contributed by atoms with van der Waals surface area (Å²) < 4.78 is 32.9. The summed E-state index contributed by atoms with van der Waals surface area (Å²) >= 11 is 0. The van der Waals surface area contributed by atoms with Gasteiger partial charge in [-0.3, -0.25) is 4.55 Å². The van der Waals surface area contributed by atoms with E-state index in [0.29, 0.717) is 0 Å². The molecule has 3 N–H and O–H groups in total. The standard InChI is InChI=1S/C7H6O6S.Na.H2O/c8-7(9)5-3-1-2-4-6(5)13-14(10,11)12;;/h1-4H,(H,8,9)(H,10,11,12);;1H2/q;+1;/p-1. The quantitative estimate of drug-likeness (QED) is 0.428. The molecule has 0 aliphatic heterocycles. The molecule has 0 saturated heterocycles. The van der Waals surface area contributed by atoms with Crippen LogP contribution in [0.1, 0.15) is 10.4 Å². The fourth-order valence-corrected chi connectivity index (χ4v) is 1.19. The minimum Gasteiger partial charge on any atom is -0.545 e. The zero-order chi connectivity index (χ0) is 10.8. The second-order valence-electron chi connectivity index (χ2n) is 2.29. The molecule has 0 aliphatic carbocycles. The first-order chi connectivity index (χ1) is 6.40. The third-order valence-corrected chi connectivity index (χ3v) is 1.69. The number of hydrogen-bond donors (Lipinski definition) is 1. The monoisotopic (exact) mass is 258 g/mol. The van der Waals surface area contributed by atoms with Crippen molar-refractivity contribution in [2.24, 2.45) is 0 Å². The van der Waals surface area contributed by atoms with Gasteiger partial charge >= 0.3 is 40.0 Å². The van der Waals surface area contributed by atoms with Crippen LogP contribution in [0.25, 0.3) is 0 Å². The molecular formula is C7H7NaO7S. The molecule has 9 heteroatoms. The van der Waals surface area contributed by atoms with Crippen molar-refractivity contribution < 1.29 is 62.1 Å². The van der Waals surface area contributed by atoms with Crippen LogP contribution in [0, 0.1) is 0 Å². The molecule has 0 radical (unpaired) electrons. The van der Waals surface area contributed by atoms with Gasteiger partial charge in [-0.25, -0.2) is 0 Å². The van der Waals surface area contributed by atoms with Gasteiger partial charge in [-0.1, -0.05) is 12.1 Å². The summed E-state index contributed by atoms with van der Waals surface area (Å²) in [5, 5.41) is 10.4. The molecule has 0 aromatic heterocycles. The van der Waals surface area contributed by atoms with Crippen molar-refractivity contribution in [3.8, 4) is 5.75 Å². The van der Waals surface area contributed by atoms with Gasteiger partial charge in [0.05, 0.1) is 5.97 Å². The summed E-state index contributed by atoms with van der Waals surface area (Å²) in [5.74, 6) is -2.08. The Hall–Kier alpha value is -0.640. The van der Waals surface area contributed by atoms with Gasteiger partial charge in [0.15, 0.2) is 5.75 Å². The molecule has 1 aromatic carbocycles. The summed E-state index contributed by atoms with van der Waals surface area (Å²) in [5.41, 5.74) is -0.454. The first kappa shape index (κ1) is 17.7. The van der Waals surface area contributed by atoms with Gasteiger partial charge < -0.3 is 19.6 Å². The maximum atomic E-state index is 10.4. The van der Waals surface area contributed by atoms with E-state index in [1.807, 2.05) is 0 Å². The number of carboxylic acids is 1. The minimum absolute atomic E-state index is 0. The van der Waals surface area contributed by atoms with Crippen molar-refractivity contribution in [3.05, 3.63) is 29.8 Å². The van der Waals surface area contributed by atoms with E-state index in [1.165, 1.54) is 12.1 Å². The van der Waals surface area contributed by atoms with Gasteiger partial charge in [-0.05, 0) is 12.1 Å². The van der Waals surface area contributed by atoms with Crippen LogP contribution in [0.4, 0.5) is 0 Å². The Bertz CT molecular complexity index is 456. The maximum absolute atomic E-state index is 10.4. The van der Waals surface area contributed by atoms with Gasteiger partial charge in [0.2, 0.25) is 0 Å². The molecule has 0 fully saturated rings. The molecule has 0 heterocycles. The maximum Gasteiger partial charge on any atom is 1.00 e. The van der Waals surface area contributed by atoms with Gasteiger partial charge in [-0.15, -0.1) is 0 Å². The number of aromatic carboxylic acids is 1. The molecule has 1 aromatic rings. The van der Waals surface area contributed by atoms with Gasteiger partial charge in [0.1, 0.15) is 0 Å². The second kappa shape index (κ2) is 6.84. The van der Waals surface area contributed by atoms with Gasteiger partial charge in [0, 0.05) is 5.56 Å². The van der Waals surface area contributed by atoms with Crippen LogP contribution in [-0.4, -0.2) is 24.4 Å². The first-order valence-electron chi connectivity index (χ1n) is 3.37. The van der Waals surface area contributed by atoms with E-state index in [1.54, 1.807) is 0 Å². The number of carbonyl (C=O) groups excluding carboxylic acids is 1. The molecule has 1 rings (SSSR count). The van der Waals surface area contributed by atoms with Crippen LogP contribution in [0.5, 0.6) is 5.75 Å². The Balaban J connectivity index is 0. The van der Waals surface area contributed by atoms with Gasteiger partial charge in [0.25, 0.3) is 0 Å². The number of carbonyl (C=O) groups is 1. The first-order valence-corrected chi connectivity index (χ1v) is 4.74. The van der Waals surface area contributed by atoms with E-state index in [9.17, 15) is 18.3 Å². The van der Waals surface area contributed by atoms with E-state index in [0.717, 1.165) is 12.1 Å². The molecule has 0 amide bonds. The second-order valence-corrected chi connectivity index (χ2v) is 3.32. The molecule has 0 bridgehead atoms. The van der Waals surface area contributed by atoms with Crippen molar-refractivity contribution in [1.29, 1.82) is 0 Å². The Morgan fingerprint density at radius 1 is 1.31 bits per heavy atom. The average molecular weight is 258 g/mol. The largest absolute Gasteiger partial charge is 1.00 e. The Morgan fingerprint density at radius 3 is 2.25 bits per heavy atom. The number of benzene rings is 1. The Labute approximate surface area is 114 Å². The van der Waals surface area contributed by atoms with Crippen molar-refractivity contribution >= 4 is 16.4 Å². The van der Waals surface area contributed by atoms with Crippen LogP contribution < -0.4 is 38.8 Å². The van der Waals surface area contributed by atoms with Crippen LogP contribution in [0.15, 0.2) is 24.3 Å². The predicted molar refractivity (Wildman–Crippen MR) is 46.6 cm³/mol. The van der Waals surface area contributed by atoms with Crippen LogP contribution in [-0.2, 0) is 10.4 Å². The third kappa shape index (κ3) is 5.45. The number of carboxylic acid groups (broad SMARTS) is 1.